The molecule has 0 spiro atoms. The number of rotatable bonds is 8. The van der Waals surface area contributed by atoms with Crippen molar-refractivity contribution in [3.63, 3.8) is 0 Å². The zero-order valence-electron chi connectivity index (χ0n) is 9.73. The molecule has 0 aromatic rings. The Morgan fingerprint density at radius 2 is 1.65 bits per heavy atom. The molecule has 100 valence electrons. The summed E-state index contributed by atoms with van der Waals surface area (Å²) in [7, 11) is -3.99. The van der Waals surface area contributed by atoms with Gasteiger partial charge in [-0.3, -0.25) is 14.1 Å². The minimum absolute atomic E-state index is 0.111. The highest BCUT2D eigenvalue weighted by Crippen LogP contribution is 1.87. The predicted octanol–water partition coefficient (Wildman–Crippen LogP) is -0.703. The molecule has 0 saturated heterocycles. The summed E-state index contributed by atoms with van der Waals surface area (Å²) in [6.45, 7) is 2.53. The molecule has 0 rings (SSSR count). The van der Waals surface area contributed by atoms with Crippen molar-refractivity contribution in [3.8, 4) is 0 Å². The normalized spacial score (nSPS) is 10.9. The van der Waals surface area contributed by atoms with Gasteiger partial charge in [0, 0.05) is 13.1 Å². The second-order valence-corrected chi connectivity index (χ2v) is 5.09. The third-order valence-corrected chi connectivity index (χ3v) is 2.60. The van der Waals surface area contributed by atoms with Gasteiger partial charge in [-0.15, -0.1) is 0 Å². The topological polar surface area (TPSA) is 113 Å². The predicted molar refractivity (Wildman–Crippen MR) is 62.0 cm³/mol. The zero-order chi connectivity index (χ0) is 13.3. The number of amides is 2. The fourth-order valence-electron chi connectivity index (χ4n) is 1.02. The Morgan fingerprint density at radius 3 is 2.12 bits per heavy atom. The van der Waals surface area contributed by atoms with Gasteiger partial charge in [0.2, 0.25) is 11.8 Å². The van der Waals surface area contributed by atoms with Gasteiger partial charge in [0.25, 0.3) is 10.1 Å². The van der Waals surface area contributed by atoms with E-state index in [9.17, 15) is 18.0 Å². The van der Waals surface area contributed by atoms with Crippen molar-refractivity contribution in [2.75, 3.05) is 18.8 Å². The van der Waals surface area contributed by atoms with Gasteiger partial charge in [-0.1, -0.05) is 6.92 Å². The van der Waals surface area contributed by atoms with Crippen molar-refractivity contribution in [1.29, 1.82) is 0 Å². The fraction of sp³-hybridized carbons (Fsp3) is 0.778. The van der Waals surface area contributed by atoms with E-state index in [4.69, 9.17) is 4.55 Å². The molecule has 0 aromatic heterocycles. The van der Waals surface area contributed by atoms with Crippen LogP contribution in [0.3, 0.4) is 0 Å². The molecule has 0 radical (unpaired) electrons. The fourth-order valence-corrected chi connectivity index (χ4v) is 1.53. The van der Waals surface area contributed by atoms with Crippen LogP contribution in [0.2, 0.25) is 0 Å². The molecule has 0 aromatic carbocycles. The van der Waals surface area contributed by atoms with E-state index in [0.29, 0.717) is 6.54 Å². The van der Waals surface area contributed by atoms with Crippen LogP contribution in [0.1, 0.15) is 26.2 Å². The van der Waals surface area contributed by atoms with Gasteiger partial charge < -0.3 is 10.6 Å². The average molecular weight is 266 g/mol. The third-order valence-electron chi connectivity index (χ3n) is 1.79. The Hall–Kier alpha value is -1.15. The molecular weight excluding hydrogens is 248 g/mol. The SMILES string of the molecule is CCCNC(=O)CC(=O)NCCCS(=O)(=O)O. The van der Waals surface area contributed by atoms with E-state index in [1.54, 1.807) is 0 Å². The second kappa shape index (κ2) is 8.02. The molecule has 0 atom stereocenters. The van der Waals surface area contributed by atoms with E-state index < -0.39 is 21.8 Å². The van der Waals surface area contributed by atoms with E-state index in [1.165, 1.54) is 0 Å². The molecule has 3 N–H and O–H groups in total. The van der Waals surface area contributed by atoms with E-state index >= 15 is 0 Å². The van der Waals surface area contributed by atoms with Gasteiger partial charge in [-0.2, -0.15) is 8.42 Å². The molecule has 0 heterocycles. The average Bonchev–Trinajstić information content (AvgIpc) is 2.20. The van der Waals surface area contributed by atoms with Crippen LogP contribution in [0.15, 0.2) is 0 Å². The first kappa shape index (κ1) is 15.9. The molecule has 0 bridgehead atoms. The first-order chi connectivity index (χ1) is 7.85. The molecule has 2 amide bonds. The van der Waals surface area contributed by atoms with Crippen LogP contribution in [0.25, 0.3) is 0 Å². The minimum Gasteiger partial charge on any atom is -0.356 e. The Balaban J connectivity index is 3.63. The first-order valence-electron chi connectivity index (χ1n) is 5.33. The maximum atomic E-state index is 11.2. The summed E-state index contributed by atoms with van der Waals surface area (Å²) < 4.78 is 29.1. The number of nitrogens with one attached hydrogen (secondary N) is 2. The monoisotopic (exact) mass is 266 g/mol. The lowest BCUT2D eigenvalue weighted by Gasteiger charge is -2.05. The summed E-state index contributed by atoms with van der Waals surface area (Å²) in [5.74, 6) is -1.23. The largest absolute Gasteiger partial charge is 0.356 e. The van der Waals surface area contributed by atoms with Crippen LogP contribution in [0, 0.1) is 0 Å². The maximum Gasteiger partial charge on any atom is 0.264 e. The molecule has 7 nitrogen and oxygen atoms in total. The lowest BCUT2D eigenvalue weighted by molar-refractivity contribution is -0.129. The lowest BCUT2D eigenvalue weighted by Crippen LogP contribution is -2.33. The summed E-state index contributed by atoms with van der Waals surface area (Å²) in [5.41, 5.74) is 0. The highest BCUT2D eigenvalue weighted by atomic mass is 32.2. The van der Waals surface area contributed by atoms with Crippen LogP contribution >= 0.6 is 0 Å². The van der Waals surface area contributed by atoms with Crippen LogP contribution in [0.5, 0.6) is 0 Å². The summed E-state index contributed by atoms with van der Waals surface area (Å²) >= 11 is 0. The Labute approximate surface area is 101 Å². The van der Waals surface area contributed by atoms with E-state index in [1.807, 2.05) is 6.92 Å². The Bertz CT molecular complexity index is 352. The lowest BCUT2D eigenvalue weighted by atomic mass is 10.3. The Morgan fingerprint density at radius 1 is 1.12 bits per heavy atom. The number of hydrogen-bond acceptors (Lipinski definition) is 4. The van der Waals surface area contributed by atoms with Crippen LogP contribution < -0.4 is 10.6 Å². The zero-order valence-corrected chi connectivity index (χ0v) is 10.5. The van der Waals surface area contributed by atoms with Crippen molar-refractivity contribution in [2.45, 2.75) is 26.2 Å². The van der Waals surface area contributed by atoms with Crippen LogP contribution in [-0.4, -0.2) is 43.6 Å². The van der Waals surface area contributed by atoms with E-state index in [0.717, 1.165) is 6.42 Å². The number of carbonyl (C=O) groups is 2. The molecular formula is C9H18N2O5S. The van der Waals surface area contributed by atoms with Crippen molar-refractivity contribution >= 4 is 21.9 Å². The molecule has 0 aliphatic rings. The molecule has 0 aliphatic carbocycles. The Kier molecular flexibility index (Phi) is 7.47. The van der Waals surface area contributed by atoms with Gasteiger partial charge in [-0.05, 0) is 12.8 Å². The smallest absolute Gasteiger partial charge is 0.264 e. The first-order valence-corrected chi connectivity index (χ1v) is 6.94. The van der Waals surface area contributed by atoms with Gasteiger partial charge in [0.05, 0.1) is 5.75 Å². The van der Waals surface area contributed by atoms with Gasteiger partial charge in [0.1, 0.15) is 6.42 Å². The standard InChI is InChI=1S/C9H18N2O5S/c1-2-4-10-8(12)7-9(13)11-5-3-6-17(14,15)16/h2-7H2,1H3,(H,10,12)(H,11,13)(H,14,15,16). The number of carbonyl (C=O) groups excluding carboxylic acids is 2. The number of hydrogen-bond donors (Lipinski definition) is 3. The summed E-state index contributed by atoms with van der Waals surface area (Å²) in [5, 5.41) is 4.93. The summed E-state index contributed by atoms with van der Waals surface area (Å²) in [6, 6.07) is 0. The highest BCUT2D eigenvalue weighted by molar-refractivity contribution is 7.85. The summed E-state index contributed by atoms with van der Waals surface area (Å²) in [6.07, 6.45) is 0.634. The van der Waals surface area contributed by atoms with Crippen LogP contribution in [-0.2, 0) is 19.7 Å². The molecule has 8 heteroatoms. The van der Waals surface area contributed by atoms with Crippen molar-refractivity contribution in [1.82, 2.24) is 10.6 Å². The third kappa shape index (κ3) is 11.1. The molecule has 0 fully saturated rings. The minimum atomic E-state index is -3.99. The van der Waals surface area contributed by atoms with Gasteiger partial charge in [-0.25, -0.2) is 0 Å². The maximum absolute atomic E-state index is 11.2. The molecule has 0 unspecified atom stereocenters. The molecule has 17 heavy (non-hydrogen) atoms. The molecule has 0 aliphatic heterocycles. The molecule has 0 saturated carbocycles. The van der Waals surface area contributed by atoms with Gasteiger partial charge >= 0.3 is 0 Å². The quantitative estimate of drug-likeness (QED) is 0.305. The van der Waals surface area contributed by atoms with E-state index in [2.05, 4.69) is 10.6 Å². The highest BCUT2D eigenvalue weighted by Gasteiger charge is 2.09. The van der Waals surface area contributed by atoms with Gasteiger partial charge in [0.15, 0.2) is 0 Å². The van der Waals surface area contributed by atoms with E-state index in [-0.39, 0.29) is 25.3 Å². The van der Waals surface area contributed by atoms with Crippen molar-refractivity contribution in [3.05, 3.63) is 0 Å². The van der Waals surface area contributed by atoms with Crippen molar-refractivity contribution < 1.29 is 22.6 Å². The van der Waals surface area contributed by atoms with Crippen molar-refractivity contribution in [2.24, 2.45) is 0 Å². The summed E-state index contributed by atoms with van der Waals surface area (Å²) in [4.78, 5) is 22.3. The second-order valence-electron chi connectivity index (χ2n) is 3.52. The van der Waals surface area contributed by atoms with Crippen LogP contribution in [0.4, 0.5) is 0 Å².